The van der Waals surface area contributed by atoms with Gasteiger partial charge in [-0.15, -0.1) is 0 Å². The highest BCUT2D eigenvalue weighted by Gasteiger charge is 2.23. The molecule has 1 aliphatic heterocycles. The van der Waals surface area contributed by atoms with Gasteiger partial charge in [0.15, 0.2) is 16.7 Å². The van der Waals surface area contributed by atoms with Crippen molar-refractivity contribution in [3.05, 3.63) is 59.7 Å². The lowest BCUT2D eigenvalue weighted by atomic mass is 10.1. The fraction of sp³-hybridized carbons (Fsp3) is 0.350. The van der Waals surface area contributed by atoms with Crippen molar-refractivity contribution in [2.45, 2.75) is 18.3 Å². The number of methoxy groups -OCH3 is 2. The van der Waals surface area contributed by atoms with Crippen LogP contribution in [0.4, 0.5) is 0 Å². The SMILES string of the molecule is COc1ccc(CN(Cc2ccccc2)C2=NC[C@@H](CI)S2)cc1OC. The van der Waals surface area contributed by atoms with Gasteiger partial charge >= 0.3 is 0 Å². The molecule has 6 heteroatoms. The number of benzene rings is 2. The summed E-state index contributed by atoms with van der Waals surface area (Å²) in [6, 6.07) is 16.7. The number of thioether (sulfide) groups is 1. The van der Waals surface area contributed by atoms with Gasteiger partial charge in [0.25, 0.3) is 0 Å². The molecular weight excluding hydrogens is 459 g/mol. The average molecular weight is 482 g/mol. The Morgan fingerprint density at radius 3 is 2.42 bits per heavy atom. The topological polar surface area (TPSA) is 34.1 Å². The van der Waals surface area contributed by atoms with Crippen molar-refractivity contribution < 1.29 is 9.47 Å². The predicted molar refractivity (Wildman–Crippen MR) is 118 cm³/mol. The number of amidine groups is 1. The van der Waals surface area contributed by atoms with Gasteiger partial charge in [-0.2, -0.15) is 0 Å². The second-order valence-corrected chi connectivity index (χ2v) is 8.20. The van der Waals surface area contributed by atoms with Crippen molar-refractivity contribution in [1.29, 1.82) is 0 Å². The van der Waals surface area contributed by atoms with Crippen LogP contribution in [0.15, 0.2) is 53.5 Å². The number of hydrogen-bond donors (Lipinski definition) is 0. The second kappa shape index (κ2) is 9.50. The summed E-state index contributed by atoms with van der Waals surface area (Å²) in [4.78, 5) is 7.16. The lowest BCUT2D eigenvalue weighted by molar-refractivity contribution is 0.353. The number of aliphatic imine (C=N–C) groups is 1. The molecule has 2 aromatic carbocycles. The quantitative estimate of drug-likeness (QED) is 0.427. The largest absolute Gasteiger partial charge is 0.493 e. The third kappa shape index (κ3) is 4.85. The highest BCUT2D eigenvalue weighted by Crippen LogP contribution is 2.30. The monoisotopic (exact) mass is 482 g/mol. The maximum Gasteiger partial charge on any atom is 0.161 e. The molecule has 0 spiro atoms. The van der Waals surface area contributed by atoms with Gasteiger partial charge in [-0.3, -0.25) is 4.99 Å². The van der Waals surface area contributed by atoms with Crippen molar-refractivity contribution in [3.63, 3.8) is 0 Å². The van der Waals surface area contributed by atoms with E-state index in [0.29, 0.717) is 5.25 Å². The molecule has 3 rings (SSSR count). The molecule has 0 saturated carbocycles. The average Bonchev–Trinajstić information content (AvgIpc) is 3.17. The van der Waals surface area contributed by atoms with Gasteiger partial charge in [-0.1, -0.05) is 70.8 Å². The molecule has 0 radical (unpaired) electrons. The summed E-state index contributed by atoms with van der Waals surface area (Å²) < 4.78 is 11.9. The zero-order valence-electron chi connectivity index (χ0n) is 15.0. The summed E-state index contributed by atoms with van der Waals surface area (Å²) in [7, 11) is 3.33. The van der Waals surface area contributed by atoms with Crippen molar-refractivity contribution >= 4 is 39.5 Å². The molecule has 4 nitrogen and oxygen atoms in total. The number of hydrogen-bond acceptors (Lipinski definition) is 5. The number of rotatable bonds is 7. The first-order valence-electron chi connectivity index (χ1n) is 8.50. The molecule has 26 heavy (non-hydrogen) atoms. The van der Waals surface area contributed by atoms with Crippen LogP contribution < -0.4 is 9.47 Å². The third-order valence-electron chi connectivity index (χ3n) is 4.18. The third-order valence-corrected chi connectivity index (χ3v) is 7.09. The van der Waals surface area contributed by atoms with E-state index in [1.165, 1.54) is 11.1 Å². The lowest BCUT2D eigenvalue weighted by Crippen LogP contribution is -2.27. The molecule has 0 aromatic heterocycles. The van der Waals surface area contributed by atoms with E-state index in [9.17, 15) is 0 Å². The Kier molecular flexibility index (Phi) is 7.07. The summed E-state index contributed by atoms with van der Waals surface area (Å²) in [5.41, 5.74) is 2.47. The molecular formula is C20H23IN2O2S. The van der Waals surface area contributed by atoms with Crippen LogP contribution in [0.3, 0.4) is 0 Å². The van der Waals surface area contributed by atoms with E-state index in [2.05, 4.69) is 63.9 Å². The van der Waals surface area contributed by atoms with Crippen LogP contribution in [0, 0.1) is 0 Å². The normalized spacial score (nSPS) is 16.3. The fourth-order valence-electron chi connectivity index (χ4n) is 2.85. The van der Waals surface area contributed by atoms with E-state index in [0.717, 1.165) is 40.7 Å². The zero-order chi connectivity index (χ0) is 18.4. The van der Waals surface area contributed by atoms with E-state index in [4.69, 9.17) is 14.5 Å². The Hall–Kier alpha value is -1.41. The van der Waals surface area contributed by atoms with Gasteiger partial charge in [0.2, 0.25) is 0 Å². The van der Waals surface area contributed by atoms with Crippen molar-refractivity contribution in [2.75, 3.05) is 25.2 Å². The smallest absolute Gasteiger partial charge is 0.161 e. The van der Waals surface area contributed by atoms with Crippen LogP contribution in [0.5, 0.6) is 11.5 Å². The number of halogens is 1. The van der Waals surface area contributed by atoms with Crippen LogP contribution in [-0.4, -0.2) is 40.5 Å². The molecule has 0 unspecified atom stereocenters. The Balaban J connectivity index is 1.81. The lowest BCUT2D eigenvalue weighted by Gasteiger charge is -2.25. The Bertz CT molecular complexity index is 755. The fourth-order valence-corrected chi connectivity index (χ4v) is 4.61. The molecule has 1 heterocycles. The Morgan fingerprint density at radius 2 is 1.77 bits per heavy atom. The molecule has 0 aliphatic carbocycles. The molecule has 0 fully saturated rings. The molecule has 138 valence electrons. The Labute approximate surface area is 173 Å². The van der Waals surface area contributed by atoms with Crippen LogP contribution in [0.2, 0.25) is 0 Å². The molecule has 0 saturated heterocycles. The van der Waals surface area contributed by atoms with E-state index in [1.807, 2.05) is 23.9 Å². The summed E-state index contributed by atoms with van der Waals surface area (Å²) in [5.74, 6) is 1.51. The van der Waals surface area contributed by atoms with Crippen molar-refractivity contribution in [2.24, 2.45) is 4.99 Å². The van der Waals surface area contributed by atoms with Gasteiger partial charge in [-0.25, -0.2) is 0 Å². The molecule has 0 bridgehead atoms. The van der Waals surface area contributed by atoms with Crippen LogP contribution in [-0.2, 0) is 13.1 Å². The van der Waals surface area contributed by atoms with Gasteiger partial charge in [-0.05, 0) is 23.3 Å². The first kappa shape index (κ1) is 19.4. The minimum atomic E-state index is 0.578. The minimum Gasteiger partial charge on any atom is -0.493 e. The summed E-state index contributed by atoms with van der Waals surface area (Å²) >= 11 is 4.33. The van der Waals surface area contributed by atoms with E-state index < -0.39 is 0 Å². The highest BCUT2D eigenvalue weighted by atomic mass is 127. The minimum absolute atomic E-state index is 0.578. The zero-order valence-corrected chi connectivity index (χ0v) is 18.0. The summed E-state index contributed by atoms with van der Waals surface area (Å²) in [6.45, 7) is 2.53. The summed E-state index contributed by atoms with van der Waals surface area (Å²) in [6.07, 6.45) is 0. The first-order valence-corrected chi connectivity index (χ1v) is 10.9. The molecule has 1 atom stereocenters. The number of alkyl halides is 1. The van der Waals surface area contributed by atoms with Crippen LogP contribution in [0.1, 0.15) is 11.1 Å². The Morgan fingerprint density at radius 1 is 1.04 bits per heavy atom. The summed E-state index contributed by atoms with van der Waals surface area (Å²) in [5, 5.41) is 1.71. The van der Waals surface area contributed by atoms with Gasteiger partial charge in [0.1, 0.15) is 0 Å². The number of ether oxygens (including phenoxy) is 2. The van der Waals surface area contributed by atoms with Crippen molar-refractivity contribution in [3.8, 4) is 11.5 Å². The van der Waals surface area contributed by atoms with Crippen molar-refractivity contribution in [1.82, 2.24) is 4.90 Å². The first-order chi connectivity index (χ1) is 12.7. The highest BCUT2D eigenvalue weighted by molar-refractivity contribution is 14.1. The van der Waals surface area contributed by atoms with Gasteiger partial charge < -0.3 is 14.4 Å². The molecule has 0 N–H and O–H groups in total. The number of nitrogens with zero attached hydrogens (tertiary/aromatic N) is 2. The van der Waals surface area contributed by atoms with E-state index >= 15 is 0 Å². The van der Waals surface area contributed by atoms with E-state index in [1.54, 1.807) is 14.2 Å². The van der Waals surface area contributed by atoms with Crippen LogP contribution >= 0.6 is 34.4 Å². The molecule has 2 aromatic rings. The van der Waals surface area contributed by atoms with E-state index in [-0.39, 0.29) is 0 Å². The molecule has 1 aliphatic rings. The standard InChI is InChI=1S/C20H23IN2O2S/c1-24-18-9-8-16(10-19(18)25-2)14-23(13-15-6-4-3-5-7-15)20-22-12-17(11-21)26-20/h3-10,17H,11-14H2,1-2H3/t17-/m1/s1. The van der Waals surface area contributed by atoms with Gasteiger partial charge in [0, 0.05) is 22.8 Å². The maximum atomic E-state index is 5.46. The second-order valence-electron chi connectivity index (χ2n) is 6.05. The molecule has 0 amide bonds. The maximum absolute atomic E-state index is 5.46. The van der Waals surface area contributed by atoms with Gasteiger partial charge in [0.05, 0.1) is 20.8 Å². The predicted octanol–water partition coefficient (Wildman–Crippen LogP) is 4.61. The van der Waals surface area contributed by atoms with Crippen LogP contribution in [0.25, 0.3) is 0 Å².